The third kappa shape index (κ3) is 6.05. The highest BCUT2D eigenvalue weighted by atomic mass is 32.1. The normalized spacial score (nSPS) is 11.7. The topological polar surface area (TPSA) is 53.7 Å². The summed E-state index contributed by atoms with van der Waals surface area (Å²) < 4.78 is 1.17. The van der Waals surface area contributed by atoms with Crippen LogP contribution in [0, 0.1) is 0 Å². The van der Waals surface area contributed by atoms with E-state index in [9.17, 15) is 0 Å². The minimum Gasteiger partial charge on any atom is -0.311 e. The summed E-state index contributed by atoms with van der Waals surface area (Å²) >= 11 is 1.64. The zero-order valence-electron chi connectivity index (χ0n) is 29.0. The molecule has 0 bridgehead atoms. The third-order valence-electron chi connectivity index (χ3n) is 9.71. The summed E-state index contributed by atoms with van der Waals surface area (Å²) in [6.07, 6.45) is 3.68. The lowest BCUT2D eigenvalue weighted by Gasteiger charge is -2.26. The van der Waals surface area contributed by atoms with Gasteiger partial charge in [-0.15, -0.1) is 11.3 Å². The molecular formula is C47H33N5S. The molecule has 0 aliphatic carbocycles. The van der Waals surface area contributed by atoms with Gasteiger partial charge < -0.3 is 4.90 Å². The molecule has 0 atom stereocenters. The molecule has 5 nitrogen and oxygen atoms in total. The molecule has 3 aromatic heterocycles. The van der Waals surface area contributed by atoms with Crippen molar-refractivity contribution in [2.24, 2.45) is 9.98 Å². The number of aromatic nitrogens is 2. The second-order valence-corrected chi connectivity index (χ2v) is 13.8. The Hall–Kier alpha value is -6.76. The van der Waals surface area contributed by atoms with E-state index < -0.39 is 0 Å². The van der Waals surface area contributed by atoms with Gasteiger partial charge in [-0.1, -0.05) is 91.0 Å². The fourth-order valence-corrected chi connectivity index (χ4v) is 8.08. The summed E-state index contributed by atoms with van der Waals surface area (Å²) in [6.45, 7) is 3.87. The summed E-state index contributed by atoms with van der Waals surface area (Å²) in [7, 11) is 1.84. The number of hydrogen-bond donors (Lipinski definition) is 0. The number of thiophene rings is 1. The van der Waals surface area contributed by atoms with Gasteiger partial charge in [-0.05, 0) is 95.7 Å². The van der Waals surface area contributed by atoms with E-state index in [2.05, 4.69) is 172 Å². The van der Waals surface area contributed by atoms with Crippen molar-refractivity contribution >= 4 is 77.7 Å². The average Bonchev–Trinajstić information content (AvgIpc) is 3.60. The van der Waals surface area contributed by atoms with Crippen molar-refractivity contribution in [3.63, 3.8) is 0 Å². The molecule has 0 aliphatic rings. The molecule has 6 heteroatoms. The number of hydrogen-bond acceptors (Lipinski definition) is 6. The maximum atomic E-state index is 4.78. The Balaban J connectivity index is 1.10. The Kier molecular flexibility index (Phi) is 8.35. The Morgan fingerprint density at radius 3 is 1.60 bits per heavy atom. The predicted octanol–water partition coefficient (Wildman–Crippen LogP) is 12.6. The first-order chi connectivity index (χ1) is 26.2. The highest BCUT2D eigenvalue weighted by Gasteiger charge is 2.19. The lowest BCUT2D eigenvalue weighted by Crippen LogP contribution is -2.10. The van der Waals surface area contributed by atoms with E-state index in [4.69, 9.17) is 4.99 Å². The number of pyridine rings is 2. The second kappa shape index (κ2) is 13.8. The van der Waals surface area contributed by atoms with E-state index in [0.29, 0.717) is 0 Å². The molecule has 9 aromatic rings. The van der Waals surface area contributed by atoms with Gasteiger partial charge in [0.1, 0.15) is 5.00 Å². The first-order valence-corrected chi connectivity index (χ1v) is 18.2. The molecule has 3 heterocycles. The average molecular weight is 700 g/mol. The van der Waals surface area contributed by atoms with E-state index in [1.54, 1.807) is 11.3 Å². The van der Waals surface area contributed by atoms with Crippen molar-refractivity contribution < 1.29 is 0 Å². The van der Waals surface area contributed by atoms with Crippen LogP contribution in [-0.2, 0) is 0 Å². The number of nitrogens with zero attached hydrogens (tertiary/aromatic N) is 5. The minimum atomic E-state index is 0.877. The van der Waals surface area contributed by atoms with Crippen LogP contribution in [0.25, 0.3) is 54.1 Å². The standard InChI is InChI=1S/C47H33N5S/c1-48-46(45-41-9-3-4-10-44(41)53-47(45)49-2)35-19-25-40(26-20-35)52(38-21-15-31(16-22-38)36-13-11-33-7-5-27-50-42(33)29-36)39-23-17-32(18-24-39)37-14-12-34-8-6-28-51-43(34)30-37/h3-30H,2H2,1H3/b48-46-. The molecule has 6 aromatic carbocycles. The fraction of sp³-hybridized carbons (Fsp3) is 0.0213. The number of benzene rings is 6. The van der Waals surface area contributed by atoms with Crippen molar-refractivity contribution in [1.29, 1.82) is 0 Å². The van der Waals surface area contributed by atoms with Gasteiger partial charge in [0.25, 0.3) is 0 Å². The molecule has 252 valence electrons. The van der Waals surface area contributed by atoms with Crippen molar-refractivity contribution in [2.75, 3.05) is 11.9 Å². The monoisotopic (exact) mass is 699 g/mol. The second-order valence-electron chi connectivity index (χ2n) is 12.8. The summed E-state index contributed by atoms with van der Waals surface area (Å²) in [5.74, 6) is 0. The van der Waals surface area contributed by atoms with Gasteiger partial charge >= 0.3 is 0 Å². The molecular weight excluding hydrogens is 667 g/mol. The number of fused-ring (bicyclic) bond motifs is 3. The quantitative estimate of drug-likeness (QED) is 0.148. The Morgan fingerprint density at radius 1 is 0.566 bits per heavy atom. The van der Waals surface area contributed by atoms with Crippen molar-refractivity contribution in [2.45, 2.75) is 0 Å². The van der Waals surface area contributed by atoms with Crippen molar-refractivity contribution in [3.05, 3.63) is 181 Å². The molecule has 0 fully saturated rings. The molecule has 0 spiro atoms. The Morgan fingerprint density at radius 2 is 1.08 bits per heavy atom. The predicted molar refractivity (Wildman–Crippen MR) is 225 cm³/mol. The Bertz CT molecular complexity index is 2680. The zero-order valence-corrected chi connectivity index (χ0v) is 29.8. The highest BCUT2D eigenvalue weighted by molar-refractivity contribution is 7.23. The van der Waals surface area contributed by atoms with Crippen LogP contribution in [0.5, 0.6) is 0 Å². The Labute approximate surface area is 311 Å². The largest absolute Gasteiger partial charge is 0.311 e. The molecule has 0 saturated carbocycles. The van der Waals surface area contributed by atoms with Gasteiger partial charge in [-0.2, -0.15) is 0 Å². The van der Waals surface area contributed by atoms with Crippen molar-refractivity contribution in [1.82, 2.24) is 9.97 Å². The van der Waals surface area contributed by atoms with E-state index in [0.717, 1.165) is 88.3 Å². The van der Waals surface area contributed by atoms with Gasteiger partial charge in [-0.25, -0.2) is 0 Å². The van der Waals surface area contributed by atoms with Gasteiger partial charge in [0, 0.05) is 68.5 Å². The van der Waals surface area contributed by atoms with Gasteiger partial charge in [0.15, 0.2) is 0 Å². The maximum absolute atomic E-state index is 4.78. The maximum Gasteiger partial charge on any atom is 0.125 e. The lowest BCUT2D eigenvalue weighted by molar-refractivity contribution is 1.28. The minimum absolute atomic E-state index is 0.877. The third-order valence-corrected chi connectivity index (χ3v) is 10.8. The van der Waals surface area contributed by atoms with Crippen LogP contribution in [0.2, 0.25) is 0 Å². The first-order valence-electron chi connectivity index (χ1n) is 17.4. The smallest absolute Gasteiger partial charge is 0.125 e. The molecule has 0 radical (unpaired) electrons. The molecule has 53 heavy (non-hydrogen) atoms. The van der Waals surface area contributed by atoms with Crippen LogP contribution < -0.4 is 4.90 Å². The molecule has 0 aliphatic heterocycles. The number of rotatable bonds is 8. The summed E-state index contributed by atoms with van der Waals surface area (Å²) in [6, 6.07) is 55.5. The molecule has 9 rings (SSSR count). The van der Waals surface area contributed by atoms with Crippen LogP contribution >= 0.6 is 11.3 Å². The van der Waals surface area contributed by atoms with E-state index in [1.165, 1.54) is 4.70 Å². The summed E-state index contributed by atoms with van der Waals surface area (Å²) in [5.41, 5.74) is 12.6. The summed E-state index contributed by atoms with van der Waals surface area (Å²) in [5, 5.41) is 4.27. The zero-order chi connectivity index (χ0) is 35.7. The van der Waals surface area contributed by atoms with Crippen LogP contribution in [0.15, 0.2) is 180 Å². The molecule has 0 saturated heterocycles. The van der Waals surface area contributed by atoms with Crippen LogP contribution in [0.3, 0.4) is 0 Å². The van der Waals surface area contributed by atoms with E-state index in [-0.39, 0.29) is 0 Å². The van der Waals surface area contributed by atoms with E-state index in [1.807, 2.05) is 31.6 Å². The van der Waals surface area contributed by atoms with E-state index >= 15 is 0 Å². The molecule has 0 amide bonds. The first kappa shape index (κ1) is 32.2. The van der Waals surface area contributed by atoms with Gasteiger partial charge in [0.05, 0.1) is 16.7 Å². The van der Waals surface area contributed by atoms with Gasteiger partial charge in [-0.3, -0.25) is 20.0 Å². The van der Waals surface area contributed by atoms with Crippen LogP contribution in [0.1, 0.15) is 11.1 Å². The van der Waals surface area contributed by atoms with Crippen LogP contribution in [0.4, 0.5) is 22.1 Å². The summed E-state index contributed by atoms with van der Waals surface area (Å²) in [4.78, 5) is 20.6. The van der Waals surface area contributed by atoms with Gasteiger partial charge in [0.2, 0.25) is 0 Å². The fourth-order valence-electron chi connectivity index (χ4n) is 7.07. The molecule has 0 unspecified atom stereocenters. The number of anilines is 3. The molecule has 0 N–H and O–H groups in total. The SMILES string of the molecule is C=Nc1sc2ccccc2c1/C(=N\C)c1ccc(N(c2ccc(-c3ccc4cccnc4c3)cc2)c2ccc(-c3ccc4cccnc4c3)cc2)cc1. The highest BCUT2D eigenvalue weighted by Crippen LogP contribution is 2.41. The number of aliphatic imine (C=N–C) groups is 2. The van der Waals surface area contributed by atoms with Crippen LogP contribution in [-0.4, -0.2) is 29.4 Å². The van der Waals surface area contributed by atoms with Crippen molar-refractivity contribution in [3.8, 4) is 22.3 Å². The lowest BCUT2D eigenvalue weighted by atomic mass is 9.99.